The number of hydrogen-bond donors (Lipinski definition) is 2. The number of thiophene rings is 1. The van der Waals surface area contributed by atoms with Gasteiger partial charge >= 0.3 is 0 Å². The quantitative estimate of drug-likeness (QED) is 0.911. The number of anilines is 1. The third-order valence-corrected chi connectivity index (χ3v) is 3.99. The van der Waals surface area contributed by atoms with Gasteiger partial charge in [0.05, 0.1) is 11.1 Å². The molecular formula is C14H12F2N2O2S. The highest BCUT2D eigenvalue weighted by Crippen LogP contribution is 2.29. The van der Waals surface area contributed by atoms with E-state index in [0.29, 0.717) is 12.5 Å². The van der Waals surface area contributed by atoms with Crippen LogP contribution in [0.15, 0.2) is 24.3 Å². The number of hydrogen-bond acceptors (Lipinski definition) is 3. The maximum Gasteiger partial charge on any atom is 0.259 e. The SMILES string of the molecule is CCc1cc(C(N)=O)c(NC(=O)c2ccc(F)cc2F)s1. The van der Waals surface area contributed by atoms with Gasteiger partial charge in [0.1, 0.15) is 16.6 Å². The Morgan fingerprint density at radius 2 is 1.95 bits per heavy atom. The molecule has 2 amide bonds. The van der Waals surface area contributed by atoms with Crippen LogP contribution in [0.25, 0.3) is 0 Å². The van der Waals surface area contributed by atoms with Crippen molar-refractivity contribution in [2.24, 2.45) is 5.73 Å². The molecule has 0 aliphatic heterocycles. The number of primary amides is 1. The Labute approximate surface area is 123 Å². The molecular weight excluding hydrogens is 298 g/mol. The van der Waals surface area contributed by atoms with Crippen molar-refractivity contribution < 1.29 is 18.4 Å². The van der Waals surface area contributed by atoms with Crippen LogP contribution >= 0.6 is 11.3 Å². The van der Waals surface area contributed by atoms with E-state index in [-0.39, 0.29) is 16.1 Å². The van der Waals surface area contributed by atoms with Crippen molar-refractivity contribution in [2.75, 3.05) is 5.32 Å². The predicted molar refractivity (Wildman–Crippen MR) is 76.5 cm³/mol. The zero-order valence-corrected chi connectivity index (χ0v) is 11.9. The normalized spacial score (nSPS) is 10.4. The zero-order chi connectivity index (χ0) is 15.6. The Bertz CT molecular complexity index is 713. The average molecular weight is 310 g/mol. The molecule has 2 rings (SSSR count). The fraction of sp³-hybridized carbons (Fsp3) is 0.143. The van der Waals surface area contributed by atoms with Crippen molar-refractivity contribution in [2.45, 2.75) is 13.3 Å². The van der Waals surface area contributed by atoms with E-state index in [4.69, 9.17) is 5.73 Å². The molecule has 4 nitrogen and oxygen atoms in total. The van der Waals surface area contributed by atoms with Crippen LogP contribution in [0.3, 0.4) is 0 Å². The van der Waals surface area contributed by atoms with Crippen LogP contribution in [0.5, 0.6) is 0 Å². The standard InChI is InChI=1S/C14H12F2N2O2S/c1-2-8-6-10(12(17)19)14(21-8)18-13(20)9-4-3-7(15)5-11(9)16/h3-6H,2H2,1H3,(H2,17,19)(H,18,20). The molecule has 0 saturated heterocycles. The van der Waals surface area contributed by atoms with E-state index in [9.17, 15) is 18.4 Å². The summed E-state index contributed by atoms with van der Waals surface area (Å²) >= 11 is 1.19. The van der Waals surface area contributed by atoms with E-state index >= 15 is 0 Å². The van der Waals surface area contributed by atoms with Gasteiger partial charge in [-0.15, -0.1) is 11.3 Å². The van der Waals surface area contributed by atoms with Crippen molar-refractivity contribution in [3.63, 3.8) is 0 Å². The Balaban J connectivity index is 2.31. The average Bonchev–Trinajstić information content (AvgIpc) is 2.81. The van der Waals surface area contributed by atoms with Crippen LogP contribution in [-0.2, 0) is 6.42 Å². The van der Waals surface area contributed by atoms with Gasteiger partial charge in [0.25, 0.3) is 11.8 Å². The monoisotopic (exact) mass is 310 g/mol. The first-order chi connectivity index (χ1) is 9.92. The highest BCUT2D eigenvalue weighted by atomic mass is 32.1. The van der Waals surface area contributed by atoms with Crippen molar-refractivity contribution in [3.8, 4) is 0 Å². The molecule has 1 aromatic heterocycles. The van der Waals surface area contributed by atoms with Crippen LogP contribution in [0.2, 0.25) is 0 Å². The molecule has 110 valence electrons. The molecule has 0 fully saturated rings. The van der Waals surface area contributed by atoms with Gasteiger partial charge < -0.3 is 11.1 Å². The minimum Gasteiger partial charge on any atom is -0.366 e. The largest absolute Gasteiger partial charge is 0.366 e. The minimum absolute atomic E-state index is 0.174. The van der Waals surface area contributed by atoms with E-state index < -0.39 is 23.4 Å². The number of rotatable bonds is 4. The summed E-state index contributed by atoms with van der Waals surface area (Å²) in [6.45, 7) is 1.89. The Morgan fingerprint density at radius 3 is 2.52 bits per heavy atom. The first kappa shape index (κ1) is 15.1. The van der Waals surface area contributed by atoms with Gasteiger partial charge in [-0.3, -0.25) is 9.59 Å². The molecule has 1 aromatic carbocycles. The number of benzene rings is 1. The lowest BCUT2D eigenvalue weighted by molar-refractivity contribution is 0.100. The fourth-order valence-corrected chi connectivity index (χ4v) is 2.73. The van der Waals surface area contributed by atoms with Gasteiger partial charge in [0.15, 0.2) is 0 Å². The van der Waals surface area contributed by atoms with E-state index in [1.54, 1.807) is 6.07 Å². The maximum absolute atomic E-state index is 13.5. The Hall–Kier alpha value is -2.28. The number of carbonyl (C=O) groups is 2. The lowest BCUT2D eigenvalue weighted by atomic mass is 10.2. The number of nitrogens with one attached hydrogen (secondary N) is 1. The van der Waals surface area contributed by atoms with E-state index in [1.807, 2.05) is 6.92 Å². The lowest BCUT2D eigenvalue weighted by Gasteiger charge is -2.05. The Morgan fingerprint density at radius 1 is 1.24 bits per heavy atom. The molecule has 1 heterocycles. The number of nitrogens with two attached hydrogens (primary N) is 1. The van der Waals surface area contributed by atoms with Crippen molar-refractivity contribution in [3.05, 3.63) is 51.9 Å². The van der Waals surface area contributed by atoms with Gasteiger partial charge in [-0.1, -0.05) is 6.92 Å². The first-order valence-electron chi connectivity index (χ1n) is 6.11. The highest BCUT2D eigenvalue weighted by Gasteiger charge is 2.18. The number of aryl methyl sites for hydroxylation is 1. The van der Waals surface area contributed by atoms with Crippen molar-refractivity contribution in [1.29, 1.82) is 0 Å². The number of halogens is 2. The van der Waals surface area contributed by atoms with Crippen LogP contribution in [-0.4, -0.2) is 11.8 Å². The predicted octanol–water partition coefficient (Wildman–Crippen LogP) is 2.94. The first-order valence-corrected chi connectivity index (χ1v) is 6.93. The van der Waals surface area contributed by atoms with Crippen LogP contribution in [0, 0.1) is 11.6 Å². The minimum atomic E-state index is -0.972. The molecule has 0 saturated carbocycles. The van der Waals surface area contributed by atoms with Crippen LogP contribution in [0.1, 0.15) is 32.5 Å². The second kappa shape index (κ2) is 6.01. The van der Waals surface area contributed by atoms with E-state index in [1.165, 1.54) is 11.3 Å². The molecule has 0 spiro atoms. The van der Waals surface area contributed by atoms with Gasteiger partial charge in [-0.2, -0.15) is 0 Å². The third kappa shape index (κ3) is 3.25. The molecule has 3 N–H and O–H groups in total. The summed E-state index contributed by atoms with van der Waals surface area (Å²) in [5.41, 5.74) is 5.11. The molecule has 0 atom stereocenters. The molecule has 21 heavy (non-hydrogen) atoms. The Kier molecular flexibility index (Phi) is 4.32. The second-order valence-electron chi connectivity index (χ2n) is 4.25. The summed E-state index contributed by atoms with van der Waals surface area (Å²) < 4.78 is 26.4. The molecule has 0 bridgehead atoms. The molecule has 2 aromatic rings. The van der Waals surface area contributed by atoms with Gasteiger partial charge in [0, 0.05) is 10.9 Å². The molecule has 0 unspecified atom stereocenters. The third-order valence-electron chi connectivity index (χ3n) is 2.80. The topological polar surface area (TPSA) is 72.2 Å². The summed E-state index contributed by atoms with van der Waals surface area (Å²) in [4.78, 5) is 24.2. The van der Waals surface area contributed by atoms with Crippen molar-refractivity contribution in [1.82, 2.24) is 0 Å². The zero-order valence-electron chi connectivity index (χ0n) is 11.1. The molecule has 0 radical (unpaired) electrons. The molecule has 0 aliphatic carbocycles. The van der Waals surface area contributed by atoms with Gasteiger partial charge in [-0.25, -0.2) is 8.78 Å². The summed E-state index contributed by atoms with van der Waals surface area (Å²) in [5.74, 6) is -3.19. The summed E-state index contributed by atoms with van der Waals surface area (Å²) in [6.07, 6.45) is 0.672. The summed E-state index contributed by atoms with van der Waals surface area (Å²) in [7, 11) is 0. The van der Waals surface area contributed by atoms with Gasteiger partial charge in [-0.05, 0) is 24.6 Å². The van der Waals surface area contributed by atoms with Crippen LogP contribution < -0.4 is 11.1 Å². The highest BCUT2D eigenvalue weighted by molar-refractivity contribution is 7.16. The summed E-state index contributed by atoms with van der Waals surface area (Å²) in [6, 6.07) is 4.23. The lowest BCUT2D eigenvalue weighted by Crippen LogP contribution is -2.17. The molecule has 0 aliphatic rings. The van der Waals surface area contributed by atoms with Crippen LogP contribution in [0.4, 0.5) is 13.8 Å². The van der Waals surface area contributed by atoms with Crippen molar-refractivity contribution >= 4 is 28.2 Å². The second-order valence-corrected chi connectivity index (χ2v) is 5.39. The number of carbonyl (C=O) groups excluding carboxylic acids is 2. The summed E-state index contributed by atoms with van der Waals surface area (Å²) in [5, 5.41) is 2.70. The van der Waals surface area contributed by atoms with Gasteiger partial charge in [0.2, 0.25) is 0 Å². The van der Waals surface area contributed by atoms with E-state index in [2.05, 4.69) is 5.32 Å². The number of amides is 2. The fourth-order valence-electron chi connectivity index (χ4n) is 1.74. The van der Waals surface area contributed by atoms with E-state index in [0.717, 1.165) is 17.0 Å². The maximum atomic E-state index is 13.5. The molecule has 7 heteroatoms. The smallest absolute Gasteiger partial charge is 0.259 e.